The van der Waals surface area contributed by atoms with Gasteiger partial charge in [0, 0.05) is 25.1 Å². The Morgan fingerprint density at radius 3 is 2.44 bits per heavy atom. The number of pyridine rings is 1. The van der Waals surface area contributed by atoms with E-state index in [-0.39, 0.29) is 10.8 Å². The van der Waals surface area contributed by atoms with E-state index in [2.05, 4.69) is 20.5 Å². The molecule has 164 valence electrons. The Labute approximate surface area is 185 Å². The van der Waals surface area contributed by atoms with Crippen LogP contribution in [0.15, 0.2) is 72.0 Å². The quantitative estimate of drug-likeness (QED) is 0.468. The van der Waals surface area contributed by atoms with E-state index in [0.29, 0.717) is 24.8 Å². The number of benzene rings is 1. The first-order valence-electron chi connectivity index (χ1n) is 9.47. The fourth-order valence-corrected chi connectivity index (χ4v) is 3.17. The summed E-state index contributed by atoms with van der Waals surface area (Å²) in [6, 6.07) is 11.6. The van der Waals surface area contributed by atoms with Crippen LogP contribution in [0, 0.1) is 0 Å². The highest BCUT2D eigenvalue weighted by molar-refractivity contribution is 6.32. The van der Waals surface area contributed by atoms with Gasteiger partial charge in [0.05, 0.1) is 23.1 Å². The Kier molecular flexibility index (Phi) is 5.95. The van der Waals surface area contributed by atoms with E-state index in [4.69, 9.17) is 11.6 Å². The fraction of sp³-hybridized carbons (Fsp3) is 0.143. The summed E-state index contributed by atoms with van der Waals surface area (Å²) in [5.74, 6) is -0.0614. The molecule has 0 aliphatic heterocycles. The zero-order valence-corrected chi connectivity index (χ0v) is 17.2. The molecule has 0 atom stereocenters. The van der Waals surface area contributed by atoms with Crippen LogP contribution in [-0.4, -0.2) is 31.1 Å². The minimum Gasteiger partial charge on any atom is -0.382 e. The molecule has 7 nitrogen and oxygen atoms in total. The molecule has 0 radical (unpaired) electrons. The van der Waals surface area contributed by atoms with Gasteiger partial charge in [-0.25, -0.2) is 9.67 Å². The fourth-order valence-electron chi connectivity index (χ4n) is 2.98. The van der Waals surface area contributed by atoms with Crippen LogP contribution < -0.4 is 10.9 Å². The highest BCUT2D eigenvalue weighted by Crippen LogP contribution is 2.28. The third kappa shape index (κ3) is 4.65. The van der Waals surface area contributed by atoms with Crippen LogP contribution in [0.5, 0.6) is 0 Å². The lowest BCUT2D eigenvalue weighted by atomic mass is 10.1. The van der Waals surface area contributed by atoms with Gasteiger partial charge in [0.2, 0.25) is 0 Å². The Bertz CT molecular complexity index is 1250. The molecule has 0 aliphatic rings. The van der Waals surface area contributed by atoms with Crippen molar-refractivity contribution >= 4 is 17.3 Å². The molecule has 0 bridgehead atoms. The standard InChI is InChI=1S/C21H16ClF3N6O/c22-19-17(26-10-8-14-2-5-16(6-3-14)30-11-1-9-28-30)13-29-31(20(19)32)18-7-4-15(12-27-18)21(23,24)25/h1-7,9,11-13,26H,8,10H2. The predicted octanol–water partition coefficient (Wildman–Crippen LogP) is 4.14. The topological polar surface area (TPSA) is 77.6 Å². The maximum Gasteiger partial charge on any atom is 0.417 e. The van der Waals surface area contributed by atoms with Crippen LogP contribution in [-0.2, 0) is 12.6 Å². The maximum atomic E-state index is 12.7. The lowest BCUT2D eigenvalue weighted by Gasteiger charge is -2.11. The highest BCUT2D eigenvalue weighted by atomic mass is 35.5. The molecule has 32 heavy (non-hydrogen) atoms. The molecular formula is C21H16ClF3N6O. The van der Waals surface area contributed by atoms with Crippen molar-refractivity contribution in [3.8, 4) is 11.5 Å². The van der Waals surface area contributed by atoms with Crippen molar-refractivity contribution in [3.63, 3.8) is 0 Å². The van der Waals surface area contributed by atoms with Crippen LogP contribution >= 0.6 is 11.6 Å². The summed E-state index contributed by atoms with van der Waals surface area (Å²) in [6.07, 6.45) is 1.68. The number of nitrogens with one attached hydrogen (secondary N) is 1. The summed E-state index contributed by atoms with van der Waals surface area (Å²) in [6.45, 7) is 0.491. The smallest absolute Gasteiger partial charge is 0.382 e. The number of hydrogen-bond donors (Lipinski definition) is 1. The van der Waals surface area contributed by atoms with Crippen molar-refractivity contribution in [2.75, 3.05) is 11.9 Å². The van der Waals surface area contributed by atoms with Gasteiger partial charge in [-0.05, 0) is 42.3 Å². The second-order valence-electron chi connectivity index (χ2n) is 6.79. The van der Waals surface area contributed by atoms with Crippen molar-refractivity contribution in [3.05, 3.63) is 93.8 Å². The zero-order chi connectivity index (χ0) is 22.7. The number of nitrogens with zero attached hydrogens (tertiary/aromatic N) is 5. The van der Waals surface area contributed by atoms with Crippen molar-refractivity contribution in [2.24, 2.45) is 0 Å². The van der Waals surface area contributed by atoms with Crippen LogP contribution in [0.4, 0.5) is 18.9 Å². The minimum absolute atomic E-state index is 0.0614. The Morgan fingerprint density at radius 2 is 1.81 bits per heavy atom. The van der Waals surface area contributed by atoms with Gasteiger partial charge in [0.25, 0.3) is 5.56 Å². The van der Waals surface area contributed by atoms with Gasteiger partial charge >= 0.3 is 6.18 Å². The number of alkyl halides is 3. The second kappa shape index (κ2) is 8.83. The van der Waals surface area contributed by atoms with Crippen molar-refractivity contribution < 1.29 is 13.2 Å². The average Bonchev–Trinajstić information content (AvgIpc) is 3.32. The number of aromatic nitrogens is 5. The Hall–Kier alpha value is -3.66. The second-order valence-corrected chi connectivity index (χ2v) is 7.16. The van der Waals surface area contributed by atoms with Crippen LogP contribution in [0.2, 0.25) is 5.02 Å². The first-order valence-corrected chi connectivity index (χ1v) is 9.85. The van der Waals surface area contributed by atoms with E-state index in [1.54, 1.807) is 10.9 Å². The molecule has 4 aromatic rings. The van der Waals surface area contributed by atoms with E-state index >= 15 is 0 Å². The molecule has 0 aliphatic carbocycles. The molecule has 0 spiro atoms. The van der Waals surface area contributed by atoms with Gasteiger partial charge in [-0.2, -0.15) is 28.1 Å². The van der Waals surface area contributed by atoms with E-state index in [9.17, 15) is 18.0 Å². The number of halogens is 4. The van der Waals surface area contributed by atoms with Gasteiger partial charge in [0.1, 0.15) is 5.02 Å². The van der Waals surface area contributed by atoms with Gasteiger partial charge in [-0.15, -0.1) is 0 Å². The molecule has 0 saturated heterocycles. The maximum absolute atomic E-state index is 12.7. The van der Waals surface area contributed by atoms with Gasteiger partial charge in [0.15, 0.2) is 5.82 Å². The molecule has 3 heterocycles. The van der Waals surface area contributed by atoms with E-state index in [1.165, 1.54) is 6.20 Å². The molecule has 1 N–H and O–H groups in total. The van der Waals surface area contributed by atoms with Crippen LogP contribution in [0.1, 0.15) is 11.1 Å². The third-order valence-electron chi connectivity index (χ3n) is 4.65. The lowest BCUT2D eigenvalue weighted by Crippen LogP contribution is -2.24. The Balaban J connectivity index is 1.42. The monoisotopic (exact) mass is 460 g/mol. The average molecular weight is 461 g/mol. The molecule has 0 amide bonds. The molecule has 0 fully saturated rings. The molecule has 0 unspecified atom stereocenters. The minimum atomic E-state index is -4.52. The largest absolute Gasteiger partial charge is 0.417 e. The third-order valence-corrected chi connectivity index (χ3v) is 5.01. The summed E-state index contributed by atoms with van der Waals surface area (Å²) in [5, 5.41) is 11.1. The van der Waals surface area contributed by atoms with Gasteiger partial charge < -0.3 is 5.32 Å². The highest BCUT2D eigenvalue weighted by Gasteiger charge is 2.30. The Morgan fingerprint density at radius 1 is 1.03 bits per heavy atom. The van der Waals surface area contributed by atoms with Crippen molar-refractivity contribution in [1.82, 2.24) is 24.5 Å². The summed E-state index contributed by atoms with van der Waals surface area (Å²) < 4.78 is 40.7. The van der Waals surface area contributed by atoms with Crippen molar-refractivity contribution in [2.45, 2.75) is 12.6 Å². The SMILES string of the molecule is O=c1c(Cl)c(NCCc2ccc(-n3cccn3)cc2)cnn1-c1ccc(C(F)(F)F)cn1. The summed E-state index contributed by atoms with van der Waals surface area (Å²) in [7, 11) is 0. The van der Waals surface area contributed by atoms with Crippen molar-refractivity contribution in [1.29, 1.82) is 0 Å². The number of anilines is 1. The molecule has 4 rings (SSSR count). The van der Waals surface area contributed by atoms with Crippen LogP contribution in [0.25, 0.3) is 11.5 Å². The molecular weight excluding hydrogens is 445 g/mol. The first-order chi connectivity index (χ1) is 15.3. The first kappa shape index (κ1) is 21.6. The van der Waals surface area contributed by atoms with Crippen LogP contribution in [0.3, 0.4) is 0 Å². The summed E-state index contributed by atoms with van der Waals surface area (Å²) in [5.41, 5.74) is 0.732. The number of hydrogen-bond acceptors (Lipinski definition) is 5. The molecule has 3 aromatic heterocycles. The van der Waals surface area contributed by atoms with E-state index in [1.807, 2.05) is 36.5 Å². The summed E-state index contributed by atoms with van der Waals surface area (Å²) >= 11 is 6.16. The molecule has 11 heteroatoms. The predicted molar refractivity (Wildman–Crippen MR) is 113 cm³/mol. The van der Waals surface area contributed by atoms with E-state index in [0.717, 1.165) is 28.1 Å². The van der Waals surface area contributed by atoms with E-state index < -0.39 is 17.3 Å². The zero-order valence-electron chi connectivity index (χ0n) is 16.4. The molecule has 0 saturated carbocycles. The summed E-state index contributed by atoms with van der Waals surface area (Å²) in [4.78, 5) is 16.2. The lowest BCUT2D eigenvalue weighted by molar-refractivity contribution is -0.137. The normalized spacial score (nSPS) is 11.5. The number of rotatable bonds is 6. The van der Waals surface area contributed by atoms with Gasteiger partial charge in [-0.1, -0.05) is 23.7 Å². The van der Waals surface area contributed by atoms with Gasteiger partial charge in [-0.3, -0.25) is 4.79 Å². The molecule has 1 aromatic carbocycles.